The normalized spacial score (nSPS) is 16.0. The van der Waals surface area contributed by atoms with E-state index in [0.717, 1.165) is 136 Å². The number of fused-ring (bicyclic) bond motifs is 3. The van der Waals surface area contributed by atoms with E-state index in [4.69, 9.17) is 46.7 Å². The van der Waals surface area contributed by atoms with Gasteiger partial charge in [-0.25, -0.2) is 15.0 Å². The van der Waals surface area contributed by atoms with E-state index in [9.17, 15) is 0 Å². The maximum absolute atomic E-state index is 6.28. The Hall–Kier alpha value is -11.5. The molecule has 7 aliphatic rings. The summed E-state index contributed by atoms with van der Waals surface area (Å²) >= 11 is 3.28. The van der Waals surface area contributed by atoms with Gasteiger partial charge in [-0.1, -0.05) is 88.1 Å². The Bertz CT molecular complexity index is 5140. The minimum absolute atomic E-state index is 0.378. The summed E-state index contributed by atoms with van der Waals surface area (Å²) < 4.78 is 46.7. The fourth-order valence-electron chi connectivity index (χ4n) is 13.2. The molecule has 0 spiro atoms. The monoisotopic (exact) mass is 1520 g/mol. The number of hydrogen-bond donors (Lipinski definition) is 3. The number of rotatable bonds is 21. The molecule has 550 valence electrons. The Labute approximate surface area is 640 Å². The molecule has 19 rings (SSSR count). The molecular weight excluding hydrogens is 1440 g/mol. The summed E-state index contributed by atoms with van der Waals surface area (Å²) in [5.74, 6) is 5.77. The van der Waals surface area contributed by atoms with E-state index in [-0.39, 0.29) is 11.2 Å². The molecule has 12 aromatic rings. The SMILES string of the molecule is Brc1cncc(C2CC2)n1.COc1ccc(CNc2nnc(-c3ccc4c(c3)C(B3OC(C)(C)C(C)(C)O3)=CC4)o2)cc1.COc1ccc(CNc2nnc(-c3ccc4c(c3)C(c3cncc(C5CC5)n3)=CC4)o2)cc1.COc1ccc(CNc2nnc(-c3ccc4c(c3)C(c3cncc(C5CC5)n3)=CC4)o2)cc1. The van der Waals surface area contributed by atoms with Gasteiger partial charge in [0.2, 0.25) is 17.7 Å². The van der Waals surface area contributed by atoms with E-state index >= 15 is 0 Å². The number of benzene rings is 6. The van der Waals surface area contributed by atoms with Crippen LogP contribution in [0.15, 0.2) is 201 Å². The van der Waals surface area contributed by atoms with Crippen LogP contribution in [0.2, 0.25) is 0 Å². The highest BCUT2D eigenvalue weighted by molar-refractivity contribution is 9.10. The largest absolute Gasteiger partial charge is 0.497 e. The molecule has 1 saturated heterocycles. The van der Waals surface area contributed by atoms with Gasteiger partial charge in [-0.15, -0.1) is 15.3 Å². The maximum Gasteiger partial charge on any atom is 0.495 e. The van der Waals surface area contributed by atoms with Crippen LogP contribution >= 0.6 is 15.9 Å². The highest BCUT2D eigenvalue weighted by Crippen LogP contribution is 2.46. The van der Waals surface area contributed by atoms with Crippen molar-refractivity contribution in [1.82, 2.24) is 60.5 Å². The molecule has 0 unspecified atom stereocenters. The van der Waals surface area contributed by atoms with Crippen LogP contribution in [0.25, 0.3) is 51.0 Å². The van der Waals surface area contributed by atoms with Crippen molar-refractivity contribution in [2.75, 3.05) is 37.3 Å². The van der Waals surface area contributed by atoms with Crippen molar-refractivity contribution >= 4 is 57.7 Å². The van der Waals surface area contributed by atoms with Gasteiger partial charge in [0.1, 0.15) is 21.9 Å². The average Bonchev–Trinajstić information content (AvgIpc) is 1.60. The molecule has 25 heteroatoms. The first-order valence-corrected chi connectivity index (χ1v) is 37.5. The molecule has 0 radical (unpaired) electrons. The van der Waals surface area contributed by atoms with Gasteiger partial charge in [-0.05, 0) is 230 Å². The third kappa shape index (κ3) is 16.8. The van der Waals surface area contributed by atoms with Gasteiger partial charge in [-0.2, -0.15) is 0 Å². The number of ether oxygens (including phenoxy) is 3. The fraction of sp³-hybridized carbons (Fsp3) is 0.286. The number of methoxy groups -OCH3 is 3. The molecule has 3 N–H and O–H groups in total. The lowest BCUT2D eigenvalue weighted by Gasteiger charge is -2.32. The van der Waals surface area contributed by atoms with Crippen LogP contribution < -0.4 is 30.2 Å². The number of hydrogen-bond acceptors (Lipinski definition) is 23. The summed E-state index contributed by atoms with van der Waals surface area (Å²) in [5.41, 5.74) is 20.9. The van der Waals surface area contributed by atoms with Crippen molar-refractivity contribution < 1.29 is 36.8 Å². The number of anilines is 3. The van der Waals surface area contributed by atoms with Gasteiger partial charge in [-0.3, -0.25) is 15.0 Å². The summed E-state index contributed by atoms with van der Waals surface area (Å²) in [6.07, 6.45) is 27.7. The number of allylic oxidation sites excluding steroid dienone is 3. The van der Waals surface area contributed by atoms with E-state index in [2.05, 4.69) is 165 Å². The predicted octanol–water partition coefficient (Wildman–Crippen LogP) is 17.1. The minimum atomic E-state index is -0.393. The first-order chi connectivity index (χ1) is 53.1. The average molecular weight is 1520 g/mol. The Morgan fingerprint density at radius 3 is 1.13 bits per heavy atom. The van der Waals surface area contributed by atoms with E-state index in [1.54, 1.807) is 27.5 Å². The zero-order valence-electron chi connectivity index (χ0n) is 61.6. The first kappa shape index (κ1) is 71.7. The second-order valence-electron chi connectivity index (χ2n) is 28.8. The number of nitrogens with zero attached hydrogens (tertiary/aromatic N) is 12. The summed E-state index contributed by atoms with van der Waals surface area (Å²) in [6.45, 7) is 10.0. The van der Waals surface area contributed by atoms with Crippen LogP contribution in [0, 0.1) is 0 Å². The summed E-state index contributed by atoms with van der Waals surface area (Å²) in [5, 5.41) is 34.8. The van der Waals surface area contributed by atoms with Crippen LogP contribution in [0.3, 0.4) is 0 Å². The highest BCUT2D eigenvalue weighted by atomic mass is 79.9. The maximum atomic E-state index is 6.28. The summed E-state index contributed by atoms with van der Waals surface area (Å²) in [7, 11) is 4.57. The minimum Gasteiger partial charge on any atom is -0.497 e. The lowest BCUT2D eigenvalue weighted by atomic mass is 9.75. The molecule has 0 amide bonds. The second kappa shape index (κ2) is 31.3. The van der Waals surface area contributed by atoms with Gasteiger partial charge in [0.15, 0.2) is 0 Å². The van der Waals surface area contributed by atoms with Crippen molar-refractivity contribution in [2.45, 2.75) is 134 Å². The van der Waals surface area contributed by atoms with Gasteiger partial charge >= 0.3 is 25.2 Å². The smallest absolute Gasteiger partial charge is 0.495 e. The first-order valence-electron chi connectivity index (χ1n) is 36.8. The summed E-state index contributed by atoms with van der Waals surface area (Å²) in [6, 6.07) is 43.4. The standard InChI is InChI=1S/2C26H23N5O2.C25H28BN3O4.C7H7BrN2/c2*1-32-20-9-2-16(3-10-20)13-28-26-31-30-25(33-26)19-7-4-17-8-11-21(22(17)12-19)24-15-27-14-23(29-24)18-5-6-18;1-24(2)25(3,4)33-26(32-24)21-13-10-17-8-9-18(14-20(17)21)22-28-29-23(31-22)27-15-16-6-11-19(30-5)12-7-16;8-7-4-9-3-6(10-7)5-1-2-5/h2*2-4,7,9-12,14-15,18H,5-6,8,13H2,1H3,(H,28,31);6-9,11-14H,10,15H2,1-5H3,(H,27,29);3-5H,1-2H2. The Morgan fingerprint density at radius 2 is 0.761 bits per heavy atom. The molecule has 3 saturated carbocycles. The van der Waals surface area contributed by atoms with E-state index in [0.29, 0.717) is 73.1 Å². The van der Waals surface area contributed by atoms with Gasteiger partial charge < -0.3 is 52.7 Å². The van der Waals surface area contributed by atoms with Crippen LogP contribution in [0.4, 0.5) is 18.0 Å². The van der Waals surface area contributed by atoms with E-state index in [1.165, 1.54) is 55.2 Å². The Balaban J connectivity index is 0.000000117. The van der Waals surface area contributed by atoms with Gasteiger partial charge in [0, 0.05) is 83.8 Å². The van der Waals surface area contributed by atoms with Crippen molar-refractivity contribution in [1.29, 1.82) is 0 Å². The summed E-state index contributed by atoms with van der Waals surface area (Å²) in [4.78, 5) is 27.0. The van der Waals surface area contributed by atoms with E-state index < -0.39 is 7.12 Å². The molecule has 4 fully saturated rings. The van der Waals surface area contributed by atoms with Gasteiger partial charge in [0.25, 0.3) is 0 Å². The molecule has 6 aliphatic carbocycles. The third-order valence-corrected chi connectivity index (χ3v) is 21.0. The van der Waals surface area contributed by atoms with E-state index in [1.807, 2.05) is 122 Å². The second-order valence-corrected chi connectivity index (χ2v) is 29.6. The van der Waals surface area contributed by atoms with Crippen molar-refractivity contribution in [3.05, 3.63) is 266 Å². The third-order valence-electron chi connectivity index (χ3n) is 20.6. The molecule has 0 bridgehead atoms. The molecule has 0 atom stereocenters. The van der Waals surface area contributed by atoms with Crippen LogP contribution in [0.5, 0.6) is 17.2 Å². The van der Waals surface area contributed by atoms with Crippen molar-refractivity contribution in [2.24, 2.45) is 0 Å². The Kier molecular flexibility index (Phi) is 20.6. The topological polar surface area (TPSA) is 276 Å². The zero-order valence-corrected chi connectivity index (χ0v) is 63.2. The number of nitrogens with one attached hydrogen (secondary N) is 3. The molecule has 7 heterocycles. The van der Waals surface area contributed by atoms with Gasteiger partial charge in [0.05, 0.1) is 79.6 Å². The van der Waals surface area contributed by atoms with Crippen LogP contribution in [-0.4, -0.2) is 100 Å². The van der Waals surface area contributed by atoms with Crippen LogP contribution in [0.1, 0.15) is 163 Å². The van der Waals surface area contributed by atoms with Crippen molar-refractivity contribution in [3.63, 3.8) is 0 Å². The lowest BCUT2D eigenvalue weighted by molar-refractivity contribution is 0.00578. The lowest BCUT2D eigenvalue weighted by Crippen LogP contribution is -2.41. The quantitative estimate of drug-likeness (QED) is 0.0564. The number of aromatic nitrogens is 12. The van der Waals surface area contributed by atoms with Crippen molar-refractivity contribution in [3.8, 4) is 51.6 Å². The molecule has 6 aromatic carbocycles. The molecule has 109 heavy (non-hydrogen) atoms. The zero-order chi connectivity index (χ0) is 74.6. The molecule has 6 aromatic heterocycles. The molecular formula is C84H81BBrN15O8. The predicted molar refractivity (Wildman–Crippen MR) is 419 cm³/mol. The Morgan fingerprint density at radius 1 is 0.413 bits per heavy atom. The highest BCUT2D eigenvalue weighted by Gasteiger charge is 2.53. The molecule has 23 nitrogen and oxygen atoms in total. The fourth-order valence-corrected chi connectivity index (χ4v) is 13.5. The van der Waals surface area contributed by atoms with Crippen LogP contribution in [-0.2, 0) is 48.2 Å². The number of halogens is 1. The molecule has 1 aliphatic heterocycles.